The highest BCUT2D eigenvalue weighted by Crippen LogP contribution is 2.42. The fraction of sp³-hybridized carbons (Fsp3) is 0.346. The van der Waals surface area contributed by atoms with Crippen LogP contribution in [0.2, 0.25) is 0 Å². The minimum Gasteiger partial charge on any atom is -0.494 e. The molecule has 7 heteroatoms. The van der Waals surface area contributed by atoms with Crippen molar-refractivity contribution in [2.24, 2.45) is 0 Å². The van der Waals surface area contributed by atoms with Gasteiger partial charge in [0.05, 0.1) is 12.3 Å². The fourth-order valence-electron chi connectivity index (χ4n) is 4.60. The highest BCUT2D eigenvalue weighted by Gasteiger charge is 2.37. The number of barbiturate groups is 1. The Bertz CT molecular complexity index is 1150. The van der Waals surface area contributed by atoms with Gasteiger partial charge >= 0.3 is 6.03 Å². The number of fused-ring (bicyclic) bond motifs is 1. The first-order valence-corrected chi connectivity index (χ1v) is 11.1. The van der Waals surface area contributed by atoms with Crippen molar-refractivity contribution in [3.05, 3.63) is 59.2 Å². The van der Waals surface area contributed by atoms with Crippen LogP contribution in [-0.2, 0) is 9.59 Å². The molecule has 0 saturated carbocycles. The molecule has 2 heterocycles. The van der Waals surface area contributed by atoms with Crippen LogP contribution >= 0.6 is 0 Å². The maximum Gasteiger partial charge on any atom is 0.335 e. The third kappa shape index (κ3) is 4.11. The van der Waals surface area contributed by atoms with Crippen molar-refractivity contribution in [3.8, 4) is 5.75 Å². The summed E-state index contributed by atoms with van der Waals surface area (Å²) in [5, 5.41) is 2.28. The van der Waals surface area contributed by atoms with Crippen molar-refractivity contribution >= 4 is 35.3 Å². The Morgan fingerprint density at radius 1 is 1.12 bits per heavy atom. The largest absolute Gasteiger partial charge is 0.494 e. The number of nitrogens with one attached hydrogen (secondary N) is 1. The molecule has 2 aliphatic heterocycles. The van der Waals surface area contributed by atoms with Crippen molar-refractivity contribution in [3.63, 3.8) is 0 Å². The molecule has 1 unspecified atom stereocenters. The van der Waals surface area contributed by atoms with Gasteiger partial charge in [-0.05, 0) is 86.7 Å². The molecule has 4 amide bonds. The summed E-state index contributed by atoms with van der Waals surface area (Å²) in [6.07, 6.45) is 2.55. The van der Waals surface area contributed by atoms with Gasteiger partial charge in [-0.15, -0.1) is 0 Å². The van der Waals surface area contributed by atoms with E-state index in [1.807, 2.05) is 25.1 Å². The average molecular weight is 448 g/mol. The lowest BCUT2D eigenvalue weighted by Gasteiger charge is -2.45. The third-order valence-corrected chi connectivity index (χ3v) is 6.48. The molecule has 2 aromatic carbocycles. The molecule has 1 atom stereocenters. The number of hydrogen-bond donors (Lipinski definition) is 1. The molecule has 33 heavy (non-hydrogen) atoms. The molecule has 0 aromatic heterocycles. The molecule has 172 valence electrons. The van der Waals surface area contributed by atoms with E-state index in [1.54, 1.807) is 30.3 Å². The summed E-state index contributed by atoms with van der Waals surface area (Å²) in [4.78, 5) is 41.4. The van der Waals surface area contributed by atoms with Crippen LogP contribution in [-0.4, -0.2) is 37.0 Å². The topological polar surface area (TPSA) is 79.0 Å². The lowest BCUT2D eigenvalue weighted by atomic mass is 9.80. The van der Waals surface area contributed by atoms with Crippen molar-refractivity contribution in [2.45, 2.75) is 45.6 Å². The molecular formula is C26H29N3O4. The average Bonchev–Trinajstić information content (AvgIpc) is 2.76. The van der Waals surface area contributed by atoms with Crippen LogP contribution in [0.5, 0.6) is 5.75 Å². The molecule has 0 bridgehead atoms. The zero-order valence-electron chi connectivity index (χ0n) is 19.6. The summed E-state index contributed by atoms with van der Waals surface area (Å²) in [6, 6.07) is 11.8. The monoisotopic (exact) mass is 447 g/mol. The summed E-state index contributed by atoms with van der Waals surface area (Å²) in [5.41, 5.74) is 3.39. The van der Waals surface area contributed by atoms with Gasteiger partial charge in [-0.1, -0.05) is 13.0 Å². The van der Waals surface area contributed by atoms with Gasteiger partial charge in [-0.25, -0.2) is 9.69 Å². The number of urea groups is 1. The minimum absolute atomic E-state index is 0.0458. The molecule has 1 N–H and O–H groups in total. The van der Waals surface area contributed by atoms with E-state index in [1.165, 1.54) is 5.56 Å². The smallest absolute Gasteiger partial charge is 0.335 e. The van der Waals surface area contributed by atoms with Crippen molar-refractivity contribution < 1.29 is 19.1 Å². The number of ether oxygens (including phenoxy) is 1. The predicted octanol–water partition coefficient (Wildman–Crippen LogP) is 4.47. The maximum absolute atomic E-state index is 13.2. The first-order valence-electron chi connectivity index (χ1n) is 11.1. The Morgan fingerprint density at radius 3 is 2.48 bits per heavy atom. The highest BCUT2D eigenvalue weighted by molar-refractivity contribution is 6.39. The number of carbonyl (C=O) groups excluding carboxylic acids is 3. The molecular weight excluding hydrogens is 418 g/mol. The summed E-state index contributed by atoms with van der Waals surface area (Å²) < 4.78 is 5.42. The van der Waals surface area contributed by atoms with Gasteiger partial charge in [0.25, 0.3) is 11.8 Å². The lowest BCUT2D eigenvalue weighted by molar-refractivity contribution is -0.122. The molecule has 1 fully saturated rings. The van der Waals surface area contributed by atoms with E-state index in [-0.39, 0.29) is 11.1 Å². The zero-order valence-corrected chi connectivity index (χ0v) is 19.6. The van der Waals surface area contributed by atoms with Gasteiger partial charge in [-0.2, -0.15) is 0 Å². The van der Waals surface area contributed by atoms with Gasteiger partial charge in [0.2, 0.25) is 0 Å². The Hall–Kier alpha value is -3.61. The standard InChI is InChI=1S/C26H29N3O4/c1-6-33-19-10-8-18(9-11-19)29-24(31)21(23(30)27-25(29)32)14-17-7-12-22-20(13-17)16(2)15-26(3,4)28(22)5/h7-14,16H,6,15H2,1-5H3,(H,27,30,32)/b21-14-. The molecule has 2 aliphatic rings. The summed E-state index contributed by atoms with van der Waals surface area (Å²) >= 11 is 0. The molecule has 1 saturated heterocycles. The molecule has 0 spiro atoms. The second-order valence-corrected chi connectivity index (χ2v) is 9.18. The van der Waals surface area contributed by atoms with Crippen LogP contribution in [0, 0.1) is 0 Å². The van der Waals surface area contributed by atoms with Gasteiger partial charge in [-0.3, -0.25) is 14.9 Å². The van der Waals surface area contributed by atoms with Crippen LogP contribution in [0.25, 0.3) is 6.08 Å². The minimum atomic E-state index is -0.769. The quantitative estimate of drug-likeness (QED) is 0.553. The van der Waals surface area contributed by atoms with E-state index < -0.39 is 17.8 Å². The van der Waals surface area contributed by atoms with Crippen molar-refractivity contribution in [1.29, 1.82) is 0 Å². The van der Waals surface area contributed by atoms with Crippen LogP contribution in [0.3, 0.4) is 0 Å². The van der Waals surface area contributed by atoms with E-state index in [0.717, 1.165) is 22.6 Å². The summed E-state index contributed by atoms with van der Waals surface area (Å²) in [7, 11) is 2.08. The zero-order chi connectivity index (χ0) is 23.9. The molecule has 0 aliphatic carbocycles. The number of benzene rings is 2. The van der Waals surface area contributed by atoms with Crippen molar-refractivity contribution in [2.75, 3.05) is 23.5 Å². The number of anilines is 2. The predicted molar refractivity (Wildman–Crippen MR) is 129 cm³/mol. The molecule has 2 aromatic rings. The number of amides is 4. The Kier molecular flexibility index (Phi) is 5.74. The first kappa shape index (κ1) is 22.6. The van der Waals surface area contributed by atoms with Crippen molar-refractivity contribution in [1.82, 2.24) is 5.32 Å². The van der Waals surface area contributed by atoms with E-state index in [2.05, 4.69) is 38.0 Å². The second kappa shape index (κ2) is 8.39. The van der Waals surface area contributed by atoms with Gasteiger partial charge in [0.1, 0.15) is 11.3 Å². The maximum atomic E-state index is 13.2. The normalized spacial score (nSPS) is 21.2. The van der Waals surface area contributed by atoms with Crippen LogP contribution in [0.4, 0.5) is 16.2 Å². The molecule has 7 nitrogen and oxygen atoms in total. The van der Waals surface area contributed by atoms with E-state index in [9.17, 15) is 14.4 Å². The van der Waals surface area contributed by atoms with E-state index in [4.69, 9.17) is 4.74 Å². The molecule has 4 rings (SSSR count). The number of carbonyl (C=O) groups is 3. The van der Waals surface area contributed by atoms with E-state index >= 15 is 0 Å². The summed E-state index contributed by atoms with van der Waals surface area (Å²) in [6.45, 7) is 9.02. The van der Waals surface area contributed by atoms with Gasteiger partial charge in [0, 0.05) is 18.3 Å². The number of nitrogens with zero attached hydrogens (tertiary/aromatic N) is 2. The van der Waals surface area contributed by atoms with E-state index in [0.29, 0.717) is 24.0 Å². The van der Waals surface area contributed by atoms with Gasteiger partial charge in [0.15, 0.2) is 0 Å². The fourth-order valence-corrected chi connectivity index (χ4v) is 4.60. The van der Waals surface area contributed by atoms with Crippen LogP contribution < -0.4 is 19.9 Å². The van der Waals surface area contributed by atoms with Gasteiger partial charge < -0.3 is 9.64 Å². The van der Waals surface area contributed by atoms with Crippen LogP contribution in [0.15, 0.2) is 48.0 Å². The highest BCUT2D eigenvalue weighted by atomic mass is 16.5. The second-order valence-electron chi connectivity index (χ2n) is 9.18. The Labute approximate surface area is 194 Å². The third-order valence-electron chi connectivity index (χ3n) is 6.48. The number of hydrogen-bond acceptors (Lipinski definition) is 5. The number of rotatable bonds is 4. The SMILES string of the molecule is CCOc1ccc(N2C(=O)NC(=O)/C(=C/c3ccc4c(c3)C(C)CC(C)(C)N4C)C2=O)cc1. The first-order chi connectivity index (χ1) is 15.6. The lowest BCUT2D eigenvalue weighted by Crippen LogP contribution is -2.54. The molecule has 0 radical (unpaired) electrons. The number of imide groups is 2. The Balaban J connectivity index is 1.68. The Morgan fingerprint density at radius 2 is 1.82 bits per heavy atom. The summed E-state index contributed by atoms with van der Waals surface area (Å²) in [5.74, 6) is -0.384. The van der Waals surface area contributed by atoms with Crippen LogP contribution in [0.1, 0.15) is 51.2 Å².